The molecule has 2 aromatic carbocycles. The molecule has 0 radical (unpaired) electrons. The number of aliphatic hydroxyl groups is 1. The Labute approximate surface area is 217 Å². The summed E-state index contributed by atoms with van der Waals surface area (Å²) in [6, 6.07) is 12.1. The maximum atomic E-state index is 14.2. The first-order valence-corrected chi connectivity index (χ1v) is 13.4. The van der Waals surface area contributed by atoms with E-state index < -0.39 is 35.1 Å². The highest BCUT2D eigenvalue weighted by Crippen LogP contribution is 2.64. The van der Waals surface area contributed by atoms with Crippen LogP contribution in [-0.2, 0) is 19.1 Å². The fourth-order valence-corrected chi connectivity index (χ4v) is 7.16. The van der Waals surface area contributed by atoms with Crippen LogP contribution in [0.5, 0.6) is 0 Å². The van der Waals surface area contributed by atoms with Gasteiger partial charge in [-0.15, -0.1) is 0 Å². The lowest BCUT2D eigenvalue weighted by Gasteiger charge is -2.39. The van der Waals surface area contributed by atoms with Gasteiger partial charge in [0.1, 0.15) is 11.6 Å². The third-order valence-corrected chi connectivity index (χ3v) is 9.26. The van der Waals surface area contributed by atoms with E-state index in [0.717, 1.165) is 17.2 Å². The van der Waals surface area contributed by atoms with Crippen LogP contribution in [0.25, 0.3) is 10.8 Å². The van der Waals surface area contributed by atoms with Gasteiger partial charge in [0.15, 0.2) is 0 Å². The number of carbonyl (C=O) groups is 3. The fourth-order valence-electron chi connectivity index (χ4n) is 7.16. The largest absolute Gasteiger partial charge is 0.394 e. The SMILES string of the molecule is CC[C@H](C)[C@H](CO)N1C(=O)[C@@H]2[C@@H](C(=O)NC)[C@@]3(CC)CCC2(O3)C1C(=O)Nc1ccc2ccccc2c1. The molecule has 3 aliphatic heterocycles. The average Bonchev–Trinajstić information content (AvgIpc) is 3.52. The van der Waals surface area contributed by atoms with Crippen LogP contribution in [0.15, 0.2) is 42.5 Å². The number of hydrogen-bond donors (Lipinski definition) is 3. The van der Waals surface area contributed by atoms with Crippen molar-refractivity contribution in [2.45, 2.75) is 69.7 Å². The Morgan fingerprint density at radius 1 is 1.14 bits per heavy atom. The van der Waals surface area contributed by atoms with E-state index in [-0.39, 0.29) is 30.2 Å². The van der Waals surface area contributed by atoms with Gasteiger partial charge in [-0.1, -0.05) is 57.5 Å². The summed E-state index contributed by atoms with van der Waals surface area (Å²) < 4.78 is 6.74. The lowest BCUT2D eigenvalue weighted by Crippen LogP contribution is -2.57. The Bertz CT molecular complexity index is 1230. The van der Waals surface area contributed by atoms with Gasteiger partial charge in [0.25, 0.3) is 0 Å². The topological polar surface area (TPSA) is 108 Å². The Kier molecular flexibility index (Phi) is 6.52. The van der Waals surface area contributed by atoms with Gasteiger partial charge in [-0.2, -0.15) is 0 Å². The summed E-state index contributed by atoms with van der Waals surface area (Å²) in [5.41, 5.74) is -1.27. The second kappa shape index (κ2) is 9.40. The molecule has 7 atom stereocenters. The molecule has 0 aliphatic carbocycles. The first-order chi connectivity index (χ1) is 17.8. The summed E-state index contributed by atoms with van der Waals surface area (Å²) in [5, 5.41) is 18.2. The van der Waals surface area contributed by atoms with Crippen LogP contribution in [-0.4, -0.2) is 64.7 Å². The van der Waals surface area contributed by atoms with E-state index in [9.17, 15) is 19.5 Å². The molecule has 3 fully saturated rings. The van der Waals surface area contributed by atoms with E-state index in [2.05, 4.69) is 10.6 Å². The van der Waals surface area contributed by atoms with Crippen molar-refractivity contribution in [3.05, 3.63) is 42.5 Å². The van der Waals surface area contributed by atoms with Crippen molar-refractivity contribution in [2.24, 2.45) is 17.8 Å². The standard InChI is InChI=1S/C29H37N3O5/c1-5-17(3)21(16-33)32-24(26(35)31-20-12-11-18-9-7-8-10-19(18)15-20)29-14-13-28(6-2,37-29)22(25(34)30-4)23(29)27(32)36/h7-12,15,17,21-24,33H,5-6,13-14,16H2,1-4H3,(H,30,34)(H,31,35)/t17-,21-,22-,23-,24?,28+,29?/m0/s1. The van der Waals surface area contributed by atoms with Gasteiger partial charge in [0, 0.05) is 12.7 Å². The molecule has 3 amide bonds. The van der Waals surface area contributed by atoms with Crippen molar-refractivity contribution in [1.82, 2.24) is 10.2 Å². The van der Waals surface area contributed by atoms with Crippen LogP contribution in [0, 0.1) is 17.8 Å². The minimum Gasteiger partial charge on any atom is -0.394 e. The molecule has 198 valence electrons. The minimum absolute atomic E-state index is 0.0454. The van der Waals surface area contributed by atoms with Gasteiger partial charge in [0.05, 0.1) is 30.1 Å². The molecule has 2 bridgehead atoms. The van der Waals surface area contributed by atoms with Gasteiger partial charge >= 0.3 is 0 Å². The Balaban J connectivity index is 1.59. The van der Waals surface area contributed by atoms with Crippen LogP contribution in [0.3, 0.4) is 0 Å². The fraction of sp³-hybridized carbons (Fsp3) is 0.552. The average molecular weight is 508 g/mol. The summed E-state index contributed by atoms with van der Waals surface area (Å²) in [6.45, 7) is 5.67. The highest BCUT2D eigenvalue weighted by molar-refractivity contribution is 6.04. The van der Waals surface area contributed by atoms with Crippen molar-refractivity contribution in [3.8, 4) is 0 Å². The van der Waals surface area contributed by atoms with Gasteiger partial charge in [0.2, 0.25) is 17.7 Å². The monoisotopic (exact) mass is 507 g/mol. The second-order valence-corrected chi connectivity index (χ2v) is 10.9. The highest BCUT2D eigenvalue weighted by atomic mass is 16.5. The number of benzene rings is 2. The zero-order valence-electron chi connectivity index (χ0n) is 22.0. The number of rotatable bonds is 8. The minimum atomic E-state index is -1.12. The summed E-state index contributed by atoms with van der Waals surface area (Å²) in [5.74, 6) is -2.36. The molecular weight excluding hydrogens is 470 g/mol. The number of likely N-dealkylation sites (tertiary alicyclic amines) is 1. The van der Waals surface area contributed by atoms with Crippen molar-refractivity contribution < 1.29 is 24.2 Å². The van der Waals surface area contributed by atoms with Crippen LogP contribution >= 0.6 is 0 Å². The van der Waals surface area contributed by atoms with Crippen LogP contribution in [0.2, 0.25) is 0 Å². The molecule has 3 saturated heterocycles. The molecule has 8 nitrogen and oxygen atoms in total. The van der Waals surface area contributed by atoms with Crippen molar-refractivity contribution in [3.63, 3.8) is 0 Å². The van der Waals surface area contributed by atoms with E-state index >= 15 is 0 Å². The molecular formula is C29H37N3O5. The predicted molar refractivity (Wildman–Crippen MR) is 141 cm³/mol. The number of nitrogens with zero attached hydrogens (tertiary/aromatic N) is 1. The molecule has 8 heteroatoms. The number of ether oxygens (including phenoxy) is 1. The lowest BCUT2D eigenvalue weighted by atomic mass is 9.65. The quantitative estimate of drug-likeness (QED) is 0.509. The van der Waals surface area contributed by atoms with E-state index in [1.807, 2.05) is 63.2 Å². The first-order valence-electron chi connectivity index (χ1n) is 13.4. The molecule has 3 aliphatic rings. The smallest absolute Gasteiger partial charge is 0.250 e. The van der Waals surface area contributed by atoms with Gasteiger partial charge in [-0.05, 0) is 48.1 Å². The summed E-state index contributed by atoms with van der Waals surface area (Å²) in [4.78, 5) is 43.1. The maximum Gasteiger partial charge on any atom is 0.250 e. The van der Waals surface area contributed by atoms with Crippen LogP contribution in [0.1, 0.15) is 46.5 Å². The number of nitrogens with one attached hydrogen (secondary N) is 2. The molecule has 1 spiro atoms. The molecule has 5 rings (SSSR count). The predicted octanol–water partition coefficient (Wildman–Crippen LogP) is 3.09. The number of carbonyl (C=O) groups excluding carboxylic acids is 3. The number of hydrogen-bond acceptors (Lipinski definition) is 5. The van der Waals surface area contributed by atoms with Gasteiger partial charge in [-0.25, -0.2) is 0 Å². The molecule has 3 heterocycles. The third kappa shape index (κ3) is 3.67. The molecule has 2 unspecified atom stereocenters. The van der Waals surface area contributed by atoms with E-state index in [4.69, 9.17) is 4.74 Å². The Morgan fingerprint density at radius 3 is 2.51 bits per heavy atom. The summed E-state index contributed by atoms with van der Waals surface area (Å²) in [6.07, 6.45) is 2.41. The van der Waals surface area contributed by atoms with E-state index in [1.54, 1.807) is 11.9 Å². The zero-order chi connectivity index (χ0) is 26.5. The van der Waals surface area contributed by atoms with E-state index in [0.29, 0.717) is 24.9 Å². The van der Waals surface area contributed by atoms with Gasteiger partial charge < -0.3 is 25.4 Å². The van der Waals surface area contributed by atoms with Crippen molar-refractivity contribution >= 4 is 34.2 Å². The van der Waals surface area contributed by atoms with Crippen molar-refractivity contribution in [2.75, 3.05) is 19.0 Å². The Morgan fingerprint density at radius 2 is 1.86 bits per heavy atom. The molecule has 37 heavy (non-hydrogen) atoms. The van der Waals surface area contributed by atoms with E-state index in [1.165, 1.54) is 0 Å². The summed E-state index contributed by atoms with van der Waals surface area (Å²) in [7, 11) is 1.57. The molecule has 0 saturated carbocycles. The van der Waals surface area contributed by atoms with Gasteiger partial charge in [-0.3, -0.25) is 14.4 Å². The zero-order valence-corrected chi connectivity index (χ0v) is 22.0. The van der Waals surface area contributed by atoms with Crippen molar-refractivity contribution in [1.29, 1.82) is 0 Å². The van der Waals surface area contributed by atoms with Crippen LogP contribution in [0.4, 0.5) is 5.69 Å². The second-order valence-electron chi connectivity index (χ2n) is 10.9. The number of amides is 3. The lowest BCUT2D eigenvalue weighted by molar-refractivity contribution is -0.150. The molecule has 3 N–H and O–H groups in total. The third-order valence-electron chi connectivity index (χ3n) is 9.26. The number of aliphatic hydroxyl groups excluding tert-OH is 1. The molecule has 0 aromatic heterocycles. The maximum absolute atomic E-state index is 14.2. The summed E-state index contributed by atoms with van der Waals surface area (Å²) >= 11 is 0. The Hall–Kier alpha value is -2.97. The highest BCUT2D eigenvalue weighted by Gasteiger charge is 2.79. The number of fused-ring (bicyclic) bond motifs is 2. The molecule has 2 aromatic rings. The van der Waals surface area contributed by atoms with Crippen LogP contribution < -0.4 is 10.6 Å². The normalized spacial score (nSPS) is 31.9. The first kappa shape index (κ1) is 25.7. The number of anilines is 1.